The fraction of sp³-hybridized carbons (Fsp3) is 0.438. The van der Waals surface area contributed by atoms with Gasteiger partial charge in [-0.3, -0.25) is 4.79 Å². The fourth-order valence-corrected chi connectivity index (χ4v) is 2.92. The first-order valence-electron chi connectivity index (χ1n) is 7.16. The molecule has 1 aliphatic rings. The summed E-state index contributed by atoms with van der Waals surface area (Å²) in [6, 6.07) is 10.2. The van der Waals surface area contributed by atoms with Crippen molar-refractivity contribution in [2.24, 2.45) is 0 Å². The molecule has 1 fully saturated rings. The Labute approximate surface area is 113 Å². The van der Waals surface area contributed by atoms with Gasteiger partial charge in [-0.15, -0.1) is 0 Å². The van der Waals surface area contributed by atoms with E-state index in [-0.39, 0.29) is 5.43 Å². The zero-order valence-corrected chi connectivity index (χ0v) is 11.1. The van der Waals surface area contributed by atoms with E-state index in [0.717, 1.165) is 30.4 Å². The average molecular weight is 256 g/mol. The maximum atomic E-state index is 11.8. The highest BCUT2D eigenvalue weighted by Gasteiger charge is 2.12. The number of fused-ring (bicyclic) bond motifs is 1. The van der Waals surface area contributed by atoms with Crippen molar-refractivity contribution < 1.29 is 0 Å². The van der Waals surface area contributed by atoms with E-state index in [1.165, 1.54) is 19.3 Å². The number of benzene rings is 1. The first-order chi connectivity index (χ1) is 9.34. The summed E-state index contributed by atoms with van der Waals surface area (Å²) in [4.78, 5) is 11.8. The quantitative estimate of drug-likeness (QED) is 0.915. The summed E-state index contributed by atoms with van der Waals surface area (Å²) in [7, 11) is 0. The largest absolute Gasteiger partial charge is 0.347 e. The molecule has 3 nitrogen and oxygen atoms in total. The third-order valence-corrected chi connectivity index (χ3v) is 4.02. The Morgan fingerprint density at radius 1 is 1.21 bits per heavy atom. The van der Waals surface area contributed by atoms with Crippen LogP contribution in [-0.2, 0) is 6.54 Å². The lowest BCUT2D eigenvalue weighted by atomic mass is 10.0. The van der Waals surface area contributed by atoms with Gasteiger partial charge in [0.1, 0.15) is 0 Å². The lowest BCUT2D eigenvalue weighted by Gasteiger charge is -2.24. The van der Waals surface area contributed by atoms with E-state index in [4.69, 9.17) is 0 Å². The summed E-state index contributed by atoms with van der Waals surface area (Å²) in [6.45, 7) is 2.12. The van der Waals surface area contributed by atoms with E-state index in [2.05, 4.69) is 9.88 Å². The minimum Gasteiger partial charge on any atom is -0.347 e. The van der Waals surface area contributed by atoms with Gasteiger partial charge in [0, 0.05) is 30.2 Å². The van der Waals surface area contributed by atoms with Gasteiger partial charge in [0.2, 0.25) is 0 Å². The smallest absolute Gasteiger partial charge is 0.189 e. The maximum Gasteiger partial charge on any atom is 0.189 e. The topological polar surface area (TPSA) is 34.0 Å². The summed E-state index contributed by atoms with van der Waals surface area (Å²) in [5.74, 6) is 0. The molecule has 2 aromatic rings. The number of nitrogens with one attached hydrogen (secondary N) is 1. The molecular weight excluding hydrogens is 236 g/mol. The molecule has 0 amide bonds. The predicted octanol–water partition coefficient (Wildman–Crippen LogP) is 2.53. The molecule has 0 radical (unpaired) electrons. The Morgan fingerprint density at radius 2 is 2.11 bits per heavy atom. The Hall–Kier alpha value is -1.61. The van der Waals surface area contributed by atoms with Crippen LogP contribution in [0.3, 0.4) is 0 Å². The Morgan fingerprint density at radius 3 is 2.95 bits per heavy atom. The van der Waals surface area contributed by atoms with Crippen LogP contribution in [-0.4, -0.2) is 17.2 Å². The van der Waals surface area contributed by atoms with Crippen molar-refractivity contribution in [2.45, 2.75) is 38.3 Å². The fourth-order valence-electron chi connectivity index (χ4n) is 2.92. The summed E-state index contributed by atoms with van der Waals surface area (Å²) < 4.78 is 2.20. The molecule has 1 saturated heterocycles. The molecule has 0 aliphatic carbocycles. The number of rotatable bonds is 3. The maximum absolute atomic E-state index is 11.8. The van der Waals surface area contributed by atoms with Crippen molar-refractivity contribution in [3.63, 3.8) is 0 Å². The molecule has 2 heterocycles. The first-order valence-corrected chi connectivity index (χ1v) is 7.16. The van der Waals surface area contributed by atoms with Crippen LogP contribution in [0.2, 0.25) is 0 Å². The minimum absolute atomic E-state index is 0.114. The first kappa shape index (κ1) is 12.4. The number of nitrogens with zero attached hydrogens (tertiary/aromatic N) is 1. The highest BCUT2D eigenvalue weighted by molar-refractivity contribution is 5.78. The number of hydrogen-bond donors (Lipinski definition) is 1. The van der Waals surface area contributed by atoms with E-state index in [1.54, 1.807) is 6.07 Å². The van der Waals surface area contributed by atoms with Crippen LogP contribution in [0.25, 0.3) is 10.9 Å². The summed E-state index contributed by atoms with van der Waals surface area (Å²) in [5.41, 5.74) is 1.16. The van der Waals surface area contributed by atoms with Crippen LogP contribution < -0.4 is 10.7 Å². The number of aromatic nitrogens is 1. The van der Waals surface area contributed by atoms with E-state index < -0.39 is 0 Å². The zero-order valence-electron chi connectivity index (χ0n) is 11.1. The van der Waals surface area contributed by atoms with Gasteiger partial charge in [0.25, 0.3) is 0 Å². The molecule has 0 bridgehead atoms. The second-order valence-electron chi connectivity index (χ2n) is 5.33. The molecule has 3 heteroatoms. The lowest BCUT2D eigenvalue weighted by Crippen LogP contribution is -2.34. The molecule has 1 unspecified atom stereocenters. The van der Waals surface area contributed by atoms with E-state index in [9.17, 15) is 4.79 Å². The van der Waals surface area contributed by atoms with Crippen LogP contribution in [0.15, 0.2) is 41.3 Å². The highest BCUT2D eigenvalue weighted by Crippen LogP contribution is 2.14. The van der Waals surface area contributed by atoms with Gasteiger partial charge in [-0.05, 0) is 37.9 Å². The molecule has 19 heavy (non-hydrogen) atoms. The van der Waals surface area contributed by atoms with Gasteiger partial charge in [-0.2, -0.15) is 0 Å². The highest BCUT2D eigenvalue weighted by atomic mass is 16.1. The van der Waals surface area contributed by atoms with Gasteiger partial charge >= 0.3 is 0 Å². The molecule has 1 atom stereocenters. The summed E-state index contributed by atoms with van der Waals surface area (Å²) in [5, 5.41) is 4.39. The Bertz CT molecular complexity index is 611. The molecule has 0 spiro atoms. The molecule has 1 aromatic heterocycles. The van der Waals surface area contributed by atoms with Crippen molar-refractivity contribution in [2.75, 3.05) is 6.54 Å². The van der Waals surface area contributed by atoms with Gasteiger partial charge in [-0.25, -0.2) is 0 Å². The van der Waals surface area contributed by atoms with Crippen molar-refractivity contribution in [1.82, 2.24) is 9.88 Å². The predicted molar refractivity (Wildman–Crippen MR) is 78.5 cm³/mol. The molecule has 1 aliphatic heterocycles. The molecular formula is C16H20N2O. The van der Waals surface area contributed by atoms with Crippen molar-refractivity contribution in [1.29, 1.82) is 0 Å². The van der Waals surface area contributed by atoms with Crippen LogP contribution >= 0.6 is 0 Å². The van der Waals surface area contributed by atoms with Gasteiger partial charge in [-0.1, -0.05) is 18.6 Å². The normalized spacial score (nSPS) is 19.7. The molecule has 1 N–H and O–H groups in total. The number of aryl methyl sites for hydroxylation is 1. The monoisotopic (exact) mass is 256 g/mol. The second-order valence-corrected chi connectivity index (χ2v) is 5.33. The van der Waals surface area contributed by atoms with Crippen LogP contribution in [0.5, 0.6) is 0 Å². The third-order valence-electron chi connectivity index (χ3n) is 4.02. The second kappa shape index (κ2) is 5.57. The lowest BCUT2D eigenvalue weighted by molar-refractivity contribution is 0.368. The van der Waals surface area contributed by atoms with E-state index in [0.29, 0.717) is 6.04 Å². The molecule has 1 aromatic carbocycles. The molecule has 0 saturated carbocycles. The number of pyridine rings is 1. The van der Waals surface area contributed by atoms with E-state index >= 15 is 0 Å². The Balaban J connectivity index is 1.81. The molecule has 100 valence electrons. The minimum atomic E-state index is 0.114. The summed E-state index contributed by atoms with van der Waals surface area (Å²) in [6.07, 6.45) is 6.97. The van der Waals surface area contributed by atoms with Crippen LogP contribution in [0.1, 0.15) is 25.7 Å². The van der Waals surface area contributed by atoms with Crippen molar-refractivity contribution in [3.05, 3.63) is 46.8 Å². The number of piperidine rings is 1. The van der Waals surface area contributed by atoms with Crippen molar-refractivity contribution >= 4 is 10.9 Å². The number of para-hydroxylation sites is 1. The van der Waals surface area contributed by atoms with Crippen LogP contribution in [0.4, 0.5) is 0 Å². The molecule has 3 rings (SSSR count). The Kier molecular flexibility index (Phi) is 3.65. The third kappa shape index (κ3) is 2.71. The van der Waals surface area contributed by atoms with Gasteiger partial charge < -0.3 is 9.88 Å². The average Bonchev–Trinajstić information content (AvgIpc) is 2.48. The van der Waals surface area contributed by atoms with Crippen molar-refractivity contribution in [3.8, 4) is 0 Å². The summed E-state index contributed by atoms with van der Waals surface area (Å²) >= 11 is 0. The zero-order chi connectivity index (χ0) is 13.1. The van der Waals surface area contributed by atoms with Gasteiger partial charge in [0.05, 0.1) is 5.52 Å². The van der Waals surface area contributed by atoms with Crippen LogP contribution in [0, 0.1) is 0 Å². The number of hydrogen-bond acceptors (Lipinski definition) is 2. The SMILES string of the molecule is O=c1ccn(CCC2CCCCN2)c2ccccc12. The van der Waals surface area contributed by atoms with Gasteiger partial charge in [0.15, 0.2) is 5.43 Å². The standard InChI is InChI=1S/C16H20N2O/c19-16-9-12-18(15-7-2-1-6-14(15)16)11-8-13-5-3-4-10-17-13/h1-2,6-7,9,12-13,17H,3-5,8,10-11H2. The van der Waals surface area contributed by atoms with E-state index in [1.807, 2.05) is 30.5 Å².